The number of rotatable bonds is 15. The average molecular weight is 760 g/mol. The second kappa shape index (κ2) is 19.1. The molecule has 3 amide bonds. The Morgan fingerprint density at radius 3 is 1.82 bits per heavy atom. The lowest BCUT2D eigenvalue weighted by Gasteiger charge is -2.27. The summed E-state index contributed by atoms with van der Waals surface area (Å²) in [7, 11) is 0. The molecule has 0 fully saturated rings. The van der Waals surface area contributed by atoms with E-state index in [1.54, 1.807) is 65.8 Å². The predicted molar refractivity (Wildman–Crippen MR) is 205 cm³/mol. The molecule has 0 bridgehead atoms. The van der Waals surface area contributed by atoms with Gasteiger partial charge in [-0.05, 0) is 95.5 Å². The third kappa shape index (κ3) is 13.3. The van der Waals surface area contributed by atoms with Crippen molar-refractivity contribution in [2.75, 3.05) is 13.2 Å². The minimum Gasteiger partial charge on any atom is -0.459 e. The van der Waals surface area contributed by atoms with E-state index in [0.717, 1.165) is 22.3 Å². The molecule has 4 rings (SSSR count). The zero-order chi connectivity index (χ0) is 40.2. The normalized spacial score (nSPS) is 13.9. The van der Waals surface area contributed by atoms with Gasteiger partial charge in [-0.3, -0.25) is 0 Å². The molecule has 296 valence electrons. The van der Waals surface area contributed by atoms with Crippen LogP contribution in [-0.2, 0) is 39.9 Å². The Morgan fingerprint density at radius 1 is 0.655 bits per heavy atom. The van der Waals surface area contributed by atoms with Crippen molar-refractivity contribution >= 4 is 30.2 Å². The van der Waals surface area contributed by atoms with Crippen molar-refractivity contribution in [3.05, 3.63) is 95.6 Å². The second-order valence-electron chi connectivity index (χ2n) is 15.3. The first kappa shape index (κ1) is 42.2. The molecule has 0 radical (unpaired) electrons. The fraction of sp³-hybridized carbons (Fsp3) is 0.452. The number of ether oxygens (including phenoxy) is 5. The van der Waals surface area contributed by atoms with Crippen LogP contribution in [0.1, 0.15) is 90.3 Å². The molecule has 1 aliphatic carbocycles. The Labute approximate surface area is 322 Å². The Balaban J connectivity index is 1.44. The zero-order valence-corrected chi connectivity index (χ0v) is 32.6. The van der Waals surface area contributed by atoms with Crippen LogP contribution >= 0.6 is 0 Å². The second-order valence-corrected chi connectivity index (χ2v) is 15.3. The van der Waals surface area contributed by atoms with Crippen molar-refractivity contribution in [1.29, 1.82) is 0 Å². The summed E-state index contributed by atoms with van der Waals surface area (Å²) in [6, 6.07) is 22.2. The van der Waals surface area contributed by atoms with Crippen LogP contribution in [0.5, 0.6) is 0 Å². The molecule has 3 aromatic rings. The SMILES string of the molecule is C[C@@H](OC(=O)[C@H](CCCCNC(=O)OC(C)(C)C)NC(=O)OCC1c2ccccc2-c2ccccc21)[C@H](NC(=O)OC(C)(C)C)C(=O)OCc1ccccc1. The van der Waals surface area contributed by atoms with E-state index in [1.165, 1.54) is 6.92 Å². The predicted octanol–water partition coefficient (Wildman–Crippen LogP) is 7.16. The highest BCUT2D eigenvalue weighted by molar-refractivity contribution is 5.85. The molecule has 3 atom stereocenters. The Bertz CT molecular complexity index is 1740. The summed E-state index contributed by atoms with van der Waals surface area (Å²) in [5.74, 6) is -1.93. The number of alkyl carbamates (subject to hydrolysis) is 3. The van der Waals surface area contributed by atoms with Crippen molar-refractivity contribution in [3.63, 3.8) is 0 Å². The molecular formula is C42H53N3O10. The molecule has 0 aliphatic heterocycles. The molecule has 13 nitrogen and oxygen atoms in total. The molecule has 0 saturated heterocycles. The standard InChI is InChI=1S/C42H53N3O10/c1-27(35(45-40(50)55-42(5,6)7)37(47)51-25-28-17-9-8-10-18-28)53-36(46)34(23-15-16-24-43-38(48)54-41(2,3)4)44-39(49)52-26-33-31-21-13-11-19-29(31)30-20-12-14-22-32(30)33/h8-14,17-22,27,33-35H,15-16,23-26H2,1-7H3,(H,43,48)(H,44,49)(H,45,50)/t27-,34+,35+/m1/s1. The van der Waals surface area contributed by atoms with E-state index in [2.05, 4.69) is 16.0 Å². The molecule has 0 unspecified atom stereocenters. The summed E-state index contributed by atoms with van der Waals surface area (Å²) in [4.78, 5) is 65.3. The maximum atomic E-state index is 13.7. The van der Waals surface area contributed by atoms with Crippen molar-refractivity contribution in [1.82, 2.24) is 16.0 Å². The molecule has 13 heteroatoms. The van der Waals surface area contributed by atoms with Crippen LogP contribution in [0.4, 0.5) is 14.4 Å². The van der Waals surface area contributed by atoms with Gasteiger partial charge in [-0.25, -0.2) is 24.0 Å². The van der Waals surface area contributed by atoms with E-state index in [0.29, 0.717) is 18.4 Å². The number of nitrogens with one attached hydrogen (secondary N) is 3. The van der Waals surface area contributed by atoms with Gasteiger partial charge in [-0.1, -0.05) is 78.9 Å². The van der Waals surface area contributed by atoms with Crippen molar-refractivity contribution in [3.8, 4) is 11.1 Å². The number of hydrogen-bond acceptors (Lipinski definition) is 10. The van der Waals surface area contributed by atoms with Crippen LogP contribution in [0.3, 0.4) is 0 Å². The minimum absolute atomic E-state index is 0.0208. The summed E-state index contributed by atoms with van der Waals surface area (Å²) in [6.45, 7) is 11.9. The Morgan fingerprint density at radius 2 is 1.22 bits per heavy atom. The lowest BCUT2D eigenvalue weighted by molar-refractivity contribution is -0.159. The average Bonchev–Trinajstić information content (AvgIpc) is 3.43. The summed E-state index contributed by atoms with van der Waals surface area (Å²) in [6.07, 6.45) is -2.64. The highest BCUT2D eigenvalue weighted by Gasteiger charge is 2.35. The number of carbonyl (C=O) groups is 5. The maximum absolute atomic E-state index is 13.7. The molecule has 0 heterocycles. The Hall–Kier alpha value is -5.59. The first-order chi connectivity index (χ1) is 26.0. The summed E-state index contributed by atoms with van der Waals surface area (Å²) in [5.41, 5.74) is 3.37. The summed E-state index contributed by atoms with van der Waals surface area (Å²) >= 11 is 0. The van der Waals surface area contributed by atoms with Gasteiger partial charge in [-0.15, -0.1) is 0 Å². The largest absolute Gasteiger partial charge is 0.459 e. The lowest BCUT2D eigenvalue weighted by Crippen LogP contribution is -2.52. The van der Waals surface area contributed by atoms with Crippen LogP contribution < -0.4 is 16.0 Å². The van der Waals surface area contributed by atoms with Crippen LogP contribution in [0.2, 0.25) is 0 Å². The first-order valence-electron chi connectivity index (χ1n) is 18.5. The number of fused-ring (bicyclic) bond motifs is 3. The van der Waals surface area contributed by atoms with Crippen molar-refractivity contribution < 1.29 is 47.7 Å². The quantitative estimate of drug-likeness (QED) is 0.0822. The van der Waals surface area contributed by atoms with Crippen LogP contribution in [-0.4, -0.2) is 72.8 Å². The van der Waals surface area contributed by atoms with Crippen molar-refractivity contribution in [2.24, 2.45) is 0 Å². The number of carbonyl (C=O) groups excluding carboxylic acids is 5. The number of benzene rings is 3. The third-order valence-corrected chi connectivity index (χ3v) is 8.43. The molecule has 55 heavy (non-hydrogen) atoms. The maximum Gasteiger partial charge on any atom is 0.408 e. The molecule has 3 aromatic carbocycles. The molecule has 3 N–H and O–H groups in total. The molecule has 0 saturated carbocycles. The first-order valence-corrected chi connectivity index (χ1v) is 18.5. The Kier molecular flexibility index (Phi) is 14.7. The van der Waals surface area contributed by atoms with Crippen LogP contribution in [0, 0.1) is 0 Å². The minimum atomic E-state index is -1.45. The van der Waals surface area contributed by atoms with Crippen molar-refractivity contribution in [2.45, 2.75) is 110 Å². The highest BCUT2D eigenvalue weighted by atomic mass is 16.6. The van der Waals surface area contributed by atoms with Gasteiger partial charge >= 0.3 is 30.2 Å². The van der Waals surface area contributed by atoms with Gasteiger partial charge in [0.1, 0.15) is 36.6 Å². The lowest BCUT2D eigenvalue weighted by atomic mass is 9.98. The molecular weight excluding hydrogens is 706 g/mol. The zero-order valence-electron chi connectivity index (χ0n) is 32.6. The van der Waals surface area contributed by atoms with E-state index >= 15 is 0 Å². The van der Waals surface area contributed by atoms with Crippen LogP contribution in [0.25, 0.3) is 11.1 Å². The van der Waals surface area contributed by atoms with E-state index < -0.39 is 59.6 Å². The van der Waals surface area contributed by atoms with Gasteiger partial charge in [0.25, 0.3) is 0 Å². The number of unbranched alkanes of at least 4 members (excludes halogenated alkanes) is 1. The molecule has 0 spiro atoms. The van der Waals surface area contributed by atoms with E-state index in [1.807, 2.05) is 54.6 Å². The van der Waals surface area contributed by atoms with Gasteiger partial charge < -0.3 is 39.6 Å². The summed E-state index contributed by atoms with van der Waals surface area (Å²) < 4.78 is 27.6. The number of hydrogen-bond donors (Lipinski definition) is 3. The topological polar surface area (TPSA) is 168 Å². The number of amides is 3. The smallest absolute Gasteiger partial charge is 0.408 e. The fourth-order valence-corrected chi connectivity index (χ4v) is 5.96. The van der Waals surface area contributed by atoms with Gasteiger partial charge in [0, 0.05) is 12.5 Å². The van der Waals surface area contributed by atoms with Gasteiger partial charge in [-0.2, -0.15) is 0 Å². The third-order valence-electron chi connectivity index (χ3n) is 8.43. The van der Waals surface area contributed by atoms with Gasteiger partial charge in [0.05, 0.1) is 0 Å². The van der Waals surface area contributed by atoms with E-state index in [-0.39, 0.29) is 32.1 Å². The van der Waals surface area contributed by atoms with E-state index in [4.69, 9.17) is 23.7 Å². The highest BCUT2D eigenvalue weighted by Crippen LogP contribution is 2.44. The van der Waals surface area contributed by atoms with E-state index in [9.17, 15) is 24.0 Å². The fourth-order valence-electron chi connectivity index (χ4n) is 5.96. The monoisotopic (exact) mass is 759 g/mol. The number of esters is 2. The van der Waals surface area contributed by atoms with Crippen LogP contribution in [0.15, 0.2) is 78.9 Å². The summed E-state index contributed by atoms with van der Waals surface area (Å²) in [5, 5.41) is 7.78. The van der Waals surface area contributed by atoms with Gasteiger partial charge in [0.15, 0.2) is 6.04 Å². The molecule has 0 aromatic heterocycles. The molecule has 1 aliphatic rings. The van der Waals surface area contributed by atoms with Gasteiger partial charge in [0.2, 0.25) is 0 Å².